The predicted molar refractivity (Wildman–Crippen MR) is 70.5 cm³/mol. The summed E-state index contributed by atoms with van der Waals surface area (Å²) in [5.74, 6) is -1.96. The summed E-state index contributed by atoms with van der Waals surface area (Å²) in [6, 6.07) is 6.41. The van der Waals surface area contributed by atoms with Crippen molar-refractivity contribution in [3.63, 3.8) is 0 Å². The van der Waals surface area contributed by atoms with E-state index in [0.717, 1.165) is 10.5 Å². The zero-order valence-corrected chi connectivity index (χ0v) is 11.1. The highest BCUT2D eigenvalue weighted by Gasteiger charge is 2.42. The first-order valence-electron chi connectivity index (χ1n) is 6.18. The number of hydrogen-bond donors (Lipinski definition) is 1. The molecule has 19 heavy (non-hydrogen) atoms. The zero-order chi connectivity index (χ0) is 14.2. The third-order valence-corrected chi connectivity index (χ3v) is 3.23. The third kappa shape index (κ3) is 2.23. The van der Waals surface area contributed by atoms with Gasteiger partial charge in [-0.05, 0) is 24.5 Å². The molecule has 1 saturated heterocycles. The number of urea groups is 1. The molecule has 0 aliphatic carbocycles. The number of para-hydroxylation sites is 1. The number of hydrogen-bond acceptors (Lipinski definition) is 3. The first kappa shape index (κ1) is 13.3. The first-order valence-corrected chi connectivity index (χ1v) is 6.18. The molecule has 1 aliphatic rings. The summed E-state index contributed by atoms with van der Waals surface area (Å²) >= 11 is 0. The van der Waals surface area contributed by atoms with E-state index in [0.29, 0.717) is 5.69 Å². The van der Waals surface area contributed by atoms with Gasteiger partial charge < -0.3 is 0 Å². The Morgan fingerprint density at radius 1 is 1.16 bits per heavy atom. The molecule has 5 heteroatoms. The Morgan fingerprint density at radius 2 is 1.79 bits per heavy atom. The molecule has 1 aromatic carbocycles. The van der Waals surface area contributed by atoms with Gasteiger partial charge in [-0.15, -0.1) is 0 Å². The molecule has 1 aliphatic heterocycles. The second-order valence-corrected chi connectivity index (χ2v) is 4.98. The van der Waals surface area contributed by atoms with E-state index in [1.54, 1.807) is 26.0 Å². The van der Waals surface area contributed by atoms with E-state index >= 15 is 0 Å². The van der Waals surface area contributed by atoms with Crippen molar-refractivity contribution in [2.24, 2.45) is 11.8 Å². The Morgan fingerprint density at radius 3 is 2.37 bits per heavy atom. The van der Waals surface area contributed by atoms with Crippen LogP contribution in [-0.2, 0) is 9.59 Å². The van der Waals surface area contributed by atoms with E-state index in [1.807, 2.05) is 19.1 Å². The number of amides is 4. The Balaban J connectivity index is 2.45. The van der Waals surface area contributed by atoms with E-state index in [9.17, 15) is 14.4 Å². The largest absolute Gasteiger partial charge is 0.335 e. The highest BCUT2D eigenvalue weighted by Crippen LogP contribution is 2.26. The van der Waals surface area contributed by atoms with Crippen molar-refractivity contribution in [3.05, 3.63) is 29.8 Å². The van der Waals surface area contributed by atoms with Gasteiger partial charge in [-0.25, -0.2) is 9.69 Å². The lowest BCUT2D eigenvalue weighted by molar-refractivity contribution is -0.136. The third-order valence-electron chi connectivity index (χ3n) is 3.23. The summed E-state index contributed by atoms with van der Waals surface area (Å²) < 4.78 is 0. The molecule has 1 atom stereocenters. The lowest BCUT2D eigenvalue weighted by Gasteiger charge is -2.32. The number of imide groups is 2. The van der Waals surface area contributed by atoms with Crippen LogP contribution in [0.2, 0.25) is 0 Å². The molecule has 1 heterocycles. The molecule has 0 radical (unpaired) electrons. The summed E-state index contributed by atoms with van der Waals surface area (Å²) in [7, 11) is 0. The summed E-state index contributed by atoms with van der Waals surface area (Å²) in [5, 5.41) is 2.24. The topological polar surface area (TPSA) is 66.5 Å². The Labute approximate surface area is 111 Å². The molecule has 0 aromatic heterocycles. The lowest BCUT2D eigenvalue weighted by Crippen LogP contribution is -2.59. The van der Waals surface area contributed by atoms with Gasteiger partial charge in [-0.2, -0.15) is 0 Å². The highest BCUT2D eigenvalue weighted by atomic mass is 16.2. The number of carbonyl (C=O) groups is 3. The smallest absolute Gasteiger partial charge is 0.277 e. The molecule has 2 rings (SSSR count). The lowest BCUT2D eigenvalue weighted by atomic mass is 9.91. The van der Waals surface area contributed by atoms with Crippen LogP contribution in [0.1, 0.15) is 19.4 Å². The quantitative estimate of drug-likeness (QED) is 0.825. The van der Waals surface area contributed by atoms with Crippen molar-refractivity contribution in [1.82, 2.24) is 5.32 Å². The number of carbonyl (C=O) groups excluding carboxylic acids is 3. The van der Waals surface area contributed by atoms with E-state index < -0.39 is 23.8 Å². The summed E-state index contributed by atoms with van der Waals surface area (Å²) in [5.41, 5.74) is 1.33. The van der Waals surface area contributed by atoms with E-state index in [-0.39, 0.29) is 5.92 Å². The predicted octanol–water partition coefficient (Wildman–Crippen LogP) is 1.85. The molecule has 1 unspecified atom stereocenters. The molecule has 100 valence electrons. The van der Waals surface area contributed by atoms with Crippen LogP contribution in [0.3, 0.4) is 0 Å². The fourth-order valence-electron chi connectivity index (χ4n) is 2.22. The minimum Gasteiger partial charge on any atom is -0.277 e. The van der Waals surface area contributed by atoms with Crippen molar-refractivity contribution in [3.8, 4) is 0 Å². The fourth-order valence-corrected chi connectivity index (χ4v) is 2.22. The average molecular weight is 260 g/mol. The summed E-state index contributed by atoms with van der Waals surface area (Å²) in [6.45, 7) is 5.39. The molecule has 1 fully saturated rings. The van der Waals surface area contributed by atoms with Crippen molar-refractivity contribution in [2.75, 3.05) is 4.90 Å². The van der Waals surface area contributed by atoms with Crippen molar-refractivity contribution < 1.29 is 14.4 Å². The molecule has 1 N–H and O–H groups in total. The summed E-state index contributed by atoms with van der Waals surface area (Å²) in [4.78, 5) is 37.1. The van der Waals surface area contributed by atoms with E-state index in [4.69, 9.17) is 0 Å². The second kappa shape index (κ2) is 4.84. The maximum Gasteiger partial charge on any atom is 0.335 e. The van der Waals surface area contributed by atoms with Crippen molar-refractivity contribution in [1.29, 1.82) is 0 Å². The maximum absolute atomic E-state index is 12.4. The van der Waals surface area contributed by atoms with Crippen LogP contribution in [0.4, 0.5) is 10.5 Å². The number of nitrogens with zero attached hydrogens (tertiary/aromatic N) is 1. The van der Waals surface area contributed by atoms with Gasteiger partial charge in [-0.3, -0.25) is 14.9 Å². The maximum atomic E-state index is 12.4. The molecule has 5 nitrogen and oxygen atoms in total. The second-order valence-electron chi connectivity index (χ2n) is 4.98. The molecule has 4 amide bonds. The van der Waals surface area contributed by atoms with Crippen LogP contribution in [0, 0.1) is 18.8 Å². The van der Waals surface area contributed by atoms with E-state index in [2.05, 4.69) is 5.32 Å². The number of nitrogens with one attached hydrogen (secondary N) is 1. The highest BCUT2D eigenvalue weighted by molar-refractivity contribution is 6.28. The SMILES string of the molecule is Cc1ccccc1N1C(=O)NC(=O)C(C(C)C)C1=O. The normalized spacial score (nSPS) is 19.9. The fraction of sp³-hybridized carbons (Fsp3) is 0.357. The molecule has 0 spiro atoms. The monoisotopic (exact) mass is 260 g/mol. The van der Waals surface area contributed by atoms with Gasteiger partial charge in [0.15, 0.2) is 0 Å². The number of aryl methyl sites for hydroxylation is 1. The van der Waals surface area contributed by atoms with Crippen LogP contribution >= 0.6 is 0 Å². The van der Waals surface area contributed by atoms with Crippen molar-refractivity contribution >= 4 is 23.5 Å². The standard InChI is InChI=1S/C14H16N2O3/c1-8(2)11-12(17)15-14(19)16(13(11)18)10-7-5-4-6-9(10)3/h4-8,11H,1-3H3,(H,15,17,19). The van der Waals surface area contributed by atoms with Crippen LogP contribution in [-0.4, -0.2) is 17.8 Å². The van der Waals surface area contributed by atoms with Gasteiger partial charge in [0, 0.05) is 0 Å². The van der Waals surface area contributed by atoms with Crippen LogP contribution in [0.25, 0.3) is 0 Å². The van der Waals surface area contributed by atoms with Crippen LogP contribution in [0.5, 0.6) is 0 Å². The number of anilines is 1. The Hall–Kier alpha value is -2.17. The van der Waals surface area contributed by atoms with Gasteiger partial charge in [0.2, 0.25) is 11.8 Å². The molecule has 1 aromatic rings. The average Bonchev–Trinajstić information content (AvgIpc) is 2.30. The number of rotatable bonds is 2. The Bertz CT molecular complexity index is 551. The van der Waals surface area contributed by atoms with Crippen LogP contribution in [0.15, 0.2) is 24.3 Å². The molecule has 0 bridgehead atoms. The van der Waals surface area contributed by atoms with Crippen molar-refractivity contribution in [2.45, 2.75) is 20.8 Å². The number of barbiturate groups is 1. The molecular formula is C14H16N2O3. The first-order chi connectivity index (χ1) is 8.93. The Kier molecular flexibility index (Phi) is 3.38. The van der Waals surface area contributed by atoms with Crippen LogP contribution < -0.4 is 10.2 Å². The van der Waals surface area contributed by atoms with Gasteiger partial charge >= 0.3 is 6.03 Å². The van der Waals surface area contributed by atoms with Gasteiger partial charge in [0.1, 0.15) is 5.92 Å². The molecule has 0 saturated carbocycles. The summed E-state index contributed by atoms with van der Waals surface area (Å²) in [6.07, 6.45) is 0. The van der Waals surface area contributed by atoms with E-state index in [1.165, 1.54) is 0 Å². The minimum absolute atomic E-state index is 0.160. The van der Waals surface area contributed by atoms with Gasteiger partial charge in [0.25, 0.3) is 0 Å². The molecular weight excluding hydrogens is 244 g/mol. The number of benzene rings is 1. The zero-order valence-electron chi connectivity index (χ0n) is 11.1. The van der Waals surface area contributed by atoms with Gasteiger partial charge in [-0.1, -0.05) is 32.0 Å². The minimum atomic E-state index is -0.822. The van der Waals surface area contributed by atoms with Gasteiger partial charge in [0.05, 0.1) is 5.69 Å².